The lowest BCUT2D eigenvalue weighted by molar-refractivity contribution is 0.735. The number of hydrogen-bond donors (Lipinski definition) is 0. The first-order chi connectivity index (χ1) is 5.43. The number of benzene rings is 1. The Morgan fingerprint density at radius 3 is 2.36 bits per heavy atom. The van der Waals surface area contributed by atoms with E-state index in [4.69, 9.17) is 5.73 Å². The molecule has 0 aromatic heterocycles. The molecule has 1 aromatic rings. The highest BCUT2D eigenvalue weighted by Gasteiger charge is 1.89. The third-order valence-corrected chi connectivity index (χ3v) is 1.72. The van der Waals surface area contributed by atoms with E-state index in [1.54, 1.807) is 0 Å². The van der Waals surface area contributed by atoms with Crippen molar-refractivity contribution in [3.05, 3.63) is 35.9 Å². The van der Waals surface area contributed by atoms with Gasteiger partial charge in [-0.05, 0) is 24.8 Å². The molecule has 1 rings (SSSR count). The van der Waals surface area contributed by atoms with Gasteiger partial charge in [0.1, 0.15) is 0 Å². The summed E-state index contributed by atoms with van der Waals surface area (Å²) in [5.41, 5.74) is 9.91. The van der Waals surface area contributed by atoms with Gasteiger partial charge in [0.05, 0.1) is 0 Å². The van der Waals surface area contributed by atoms with Crippen molar-refractivity contribution >= 4 is 0 Å². The van der Waals surface area contributed by atoms with Gasteiger partial charge in [-0.15, -0.1) is 5.73 Å². The summed E-state index contributed by atoms with van der Waals surface area (Å²) in [5, 5.41) is 0. The molecular weight excluding hydrogens is 134 g/mol. The van der Waals surface area contributed by atoms with Gasteiger partial charge in [0.15, 0.2) is 0 Å². The van der Waals surface area contributed by atoms with Crippen LogP contribution in [0.1, 0.15) is 18.4 Å². The molecule has 0 atom stereocenters. The van der Waals surface area contributed by atoms with Crippen LogP contribution in [0.4, 0.5) is 0 Å². The summed E-state index contributed by atoms with van der Waals surface area (Å²) in [6, 6.07) is 10.4. The Hall–Kier alpha value is -0.820. The molecular formula is C10H13N. The maximum absolute atomic E-state index is 8.54. The van der Waals surface area contributed by atoms with Crippen LogP contribution in [0, 0.1) is 0 Å². The first-order valence-electron chi connectivity index (χ1n) is 4.08. The fourth-order valence-corrected chi connectivity index (χ4v) is 1.09. The summed E-state index contributed by atoms with van der Waals surface area (Å²) < 4.78 is 0. The normalized spacial score (nSPS) is 9.91. The zero-order chi connectivity index (χ0) is 7.94. The molecule has 1 heteroatoms. The van der Waals surface area contributed by atoms with Crippen molar-refractivity contribution < 1.29 is 0 Å². The van der Waals surface area contributed by atoms with E-state index in [0.717, 1.165) is 19.3 Å². The van der Waals surface area contributed by atoms with Crippen LogP contribution in [0.5, 0.6) is 0 Å². The van der Waals surface area contributed by atoms with Crippen LogP contribution in [0.2, 0.25) is 0 Å². The highest BCUT2D eigenvalue weighted by Crippen LogP contribution is 2.03. The van der Waals surface area contributed by atoms with Crippen LogP contribution in [0.25, 0.3) is 0 Å². The second-order valence-corrected chi connectivity index (χ2v) is 2.67. The predicted molar refractivity (Wildman–Crippen MR) is 46.4 cm³/mol. The van der Waals surface area contributed by atoms with Gasteiger partial charge in [-0.2, -0.15) is 0 Å². The average molecular weight is 147 g/mol. The quantitative estimate of drug-likeness (QED) is 0.582. The molecule has 0 saturated carbocycles. The second-order valence-electron chi connectivity index (χ2n) is 2.67. The molecule has 0 bridgehead atoms. The van der Waals surface area contributed by atoms with Crippen LogP contribution >= 0.6 is 0 Å². The number of unbranched alkanes of at least 4 members (excludes halogenated alkanes) is 1. The molecule has 0 aliphatic heterocycles. The number of rotatable bonds is 4. The standard InChI is InChI=1S/C10H13N/c11-9-5-4-8-10-6-2-1-3-7-10/h1-3,6-7H,4-5,8-9H2. The topological polar surface area (TPSA) is 22.3 Å². The Bertz CT molecular complexity index is 181. The third-order valence-electron chi connectivity index (χ3n) is 1.72. The lowest BCUT2D eigenvalue weighted by Gasteiger charge is -1.97. The van der Waals surface area contributed by atoms with E-state index in [0.29, 0.717) is 6.54 Å². The zero-order valence-corrected chi connectivity index (χ0v) is 6.66. The Morgan fingerprint density at radius 2 is 1.73 bits per heavy atom. The van der Waals surface area contributed by atoms with Crippen LogP contribution in [0.3, 0.4) is 0 Å². The predicted octanol–water partition coefficient (Wildman–Crippen LogP) is 2.08. The summed E-state index contributed by atoms with van der Waals surface area (Å²) in [4.78, 5) is 0. The lowest BCUT2D eigenvalue weighted by atomic mass is 10.1. The van der Waals surface area contributed by atoms with Gasteiger partial charge in [0.25, 0.3) is 0 Å². The molecule has 0 fully saturated rings. The molecule has 0 N–H and O–H groups in total. The molecule has 0 unspecified atom stereocenters. The maximum atomic E-state index is 8.54. The summed E-state index contributed by atoms with van der Waals surface area (Å²) in [5.74, 6) is 0. The van der Waals surface area contributed by atoms with Crippen molar-refractivity contribution in [3.63, 3.8) is 0 Å². The smallest absolute Gasteiger partial charge is 0.0321 e. The largest absolute Gasteiger partial charge is 0.145 e. The van der Waals surface area contributed by atoms with Gasteiger partial charge < -0.3 is 0 Å². The van der Waals surface area contributed by atoms with Crippen molar-refractivity contribution in [2.75, 3.05) is 6.54 Å². The van der Waals surface area contributed by atoms with Crippen molar-refractivity contribution in [2.45, 2.75) is 19.3 Å². The molecule has 0 saturated heterocycles. The Balaban J connectivity index is 2.28. The minimum atomic E-state index is 0.312. The molecule has 1 nitrogen and oxygen atoms in total. The van der Waals surface area contributed by atoms with Crippen LogP contribution in [-0.2, 0) is 6.42 Å². The monoisotopic (exact) mass is 147 g/mol. The van der Waals surface area contributed by atoms with E-state index < -0.39 is 0 Å². The SMILES string of the molecule is [N]CCCCc1ccccc1. The first kappa shape index (κ1) is 8.28. The minimum Gasteiger partial charge on any atom is -0.145 e. The average Bonchev–Trinajstić information content (AvgIpc) is 2.07. The van der Waals surface area contributed by atoms with E-state index in [2.05, 4.69) is 12.1 Å². The lowest BCUT2D eigenvalue weighted by Crippen LogP contribution is -1.88. The van der Waals surface area contributed by atoms with Gasteiger partial charge in [0.2, 0.25) is 0 Å². The van der Waals surface area contributed by atoms with E-state index >= 15 is 0 Å². The molecule has 1 aromatic carbocycles. The molecule has 0 heterocycles. The van der Waals surface area contributed by atoms with Crippen molar-refractivity contribution in [3.8, 4) is 0 Å². The van der Waals surface area contributed by atoms with Crippen LogP contribution in [0.15, 0.2) is 30.3 Å². The first-order valence-corrected chi connectivity index (χ1v) is 4.08. The maximum Gasteiger partial charge on any atom is 0.0321 e. The van der Waals surface area contributed by atoms with Crippen molar-refractivity contribution in [1.82, 2.24) is 5.73 Å². The fraction of sp³-hybridized carbons (Fsp3) is 0.400. The minimum absolute atomic E-state index is 0.312. The third kappa shape index (κ3) is 3.19. The number of hydrogen-bond acceptors (Lipinski definition) is 0. The van der Waals surface area contributed by atoms with E-state index in [1.807, 2.05) is 18.2 Å². The molecule has 0 aliphatic carbocycles. The summed E-state index contributed by atoms with van der Waals surface area (Å²) in [6.07, 6.45) is 3.08. The van der Waals surface area contributed by atoms with Gasteiger partial charge >= 0.3 is 0 Å². The molecule has 0 amide bonds. The summed E-state index contributed by atoms with van der Waals surface area (Å²) >= 11 is 0. The van der Waals surface area contributed by atoms with Crippen molar-refractivity contribution in [2.24, 2.45) is 0 Å². The molecule has 58 valence electrons. The van der Waals surface area contributed by atoms with E-state index in [1.165, 1.54) is 5.56 Å². The van der Waals surface area contributed by atoms with Gasteiger partial charge in [0, 0.05) is 6.54 Å². The van der Waals surface area contributed by atoms with Crippen LogP contribution in [-0.4, -0.2) is 6.54 Å². The highest BCUT2D eigenvalue weighted by molar-refractivity contribution is 5.14. The fourth-order valence-electron chi connectivity index (χ4n) is 1.09. The summed E-state index contributed by atoms with van der Waals surface area (Å²) in [6.45, 7) is 0.312. The molecule has 0 spiro atoms. The highest BCUT2D eigenvalue weighted by atomic mass is 14.5. The Kier molecular flexibility index (Phi) is 3.70. The second kappa shape index (κ2) is 4.91. The Labute approximate surface area is 68.2 Å². The van der Waals surface area contributed by atoms with E-state index in [9.17, 15) is 0 Å². The molecule has 11 heavy (non-hydrogen) atoms. The Morgan fingerprint density at radius 1 is 1.00 bits per heavy atom. The molecule has 2 radical (unpaired) electrons. The van der Waals surface area contributed by atoms with E-state index in [-0.39, 0.29) is 0 Å². The van der Waals surface area contributed by atoms with Gasteiger partial charge in [-0.1, -0.05) is 30.3 Å². The number of nitrogens with zero attached hydrogens (tertiary/aromatic N) is 1. The summed E-state index contributed by atoms with van der Waals surface area (Å²) in [7, 11) is 0. The van der Waals surface area contributed by atoms with Crippen molar-refractivity contribution in [1.29, 1.82) is 0 Å². The van der Waals surface area contributed by atoms with Gasteiger partial charge in [-0.25, -0.2) is 0 Å². The van der Waals surface area contributed by atoms with Gasteiger partial charge in [-0.3, -0.25) is 0 Å². The molecule has 0 aliphatic rings. The zero-order valence-electron chi connectivity index (χ0n) is 6.66. The number of aryl methyl sites for hydroxylation is 1. The van der Waals surface area contributed by atoms with Crippen LogP contribution < -0.4 is 5.73 Å².